The Morgan fingerprint density at radius 2 is 1.88 bits per heavy atom. The van der Waals surface area contributed by atoms with E-state index in [1.165, 1.54) is 0 Å². The highest BCUT2D eigenvalue weighted by atomic mass is 16.5. The lowest BCUT2D eigenvalue weighted by molar-refractivity contribution is -0.134. The van der Waals surface area contributed by atoms with E-state index < -0.39 is 0 Å². The van der Waals surface area contributed by atoms with E-state index in [0.29, 0.717) is 18.5 Å². The largest absolute Gasteiger partial charge is 0.379 e. The summed E-state index contributed by atoms with van der Waals surface area (Å²) in [7, 11) is 2.14. The molecule has 0 radical (unpaired) electrons. The van der Waals surface area contributed by atoms with Crippen molar-refractivity contribution in [2.75, 3.05) is 77.5 Å². The first-order chi connectivity index (χ1) is 12.7. The van der Waals surface area contributed by atoms with Crippen molar-refractivity contribution >= 4 is 11.9 Å². The highest BCUT2D eigenvalue weighted by molar-refractivity contribution is 5.78. The molecule has 26 heavy (non-hydrogen) atoms. The number of ether oxygens (including phenoxy) is 1. The Morgan fingerprint density at radius 3 is 2.65 bits per heavy atom. The van der Waals surface area contributed by atoms with E-state index in [4.69, 9.17) is 4.74 Å². The van der Waals surface area contributed by atoms with Crippen molar-refractivity contribution < 1.29 is 9.53 Å². The van der Waals surface area contributed by atoms with Crippen LogP contribution in [0.1, 0.15) is 0 Å². The van der Waals surface area contributed by atoms with Gasteiger partial charge in [-0.05, 0) is 13.1 Å². The predicted octanol–water partition coefficient (Wildman–Crippen LogP) is -0.612. The van der Waals surface area contributed by atoms with E-state index in [1.807, 2.05) is 6.07 Å². The van der Waals surface area contributed by atoms with E-state index in [2.05, 4.69) is 36.6 Å². The van der Waals surface area contributed by atoms with Crippen molar-refractivity contribution in [2.24, 2.45) is 5.92 Å². The summed E-state index contributed by atoms with van der Waals surface area (Å²) in [5.74, 6) is 1.45. The van der Waals surface area contributed by atoms with Gasteiger partial charge in [-0.3, -0.25) is 14.6 Å². The number of piperazine rings is 1. The molecule has 0 unspecified atom stereocenters. The normalized spacial score (nSPS) is 28.0. The number of likely N-dealkylation sites (N-methyl/N-ethyl adjacent to an activating group) is 1. The Hall–Kier alpha value is -1.77. The van der Waals surface area contributed by atoms with Crippen LogP contribution in [0.15, 0.2) is 18.5 Å². The quantitative estimate of drug-likeness (QED) is 0.712. The molecule has 4 rings (SSSR count). The molecule has 0 saturated carbocycles. The van der Waals surface area contributed by atoms with Gasteiger partial charge in [-0.1, -0.05) is 0 Å². The highest BCUT2D eigenvalue weighted by Crippen LogP contribution is 2.19. The summed E-state index contributed by atoms with van der Waals surface area (Å²) in [5, 5.41) is 0. The zero-order valence-corrected chi connectivity index (χ0v) is 15.5. The number of hydrogen-bond donors (Lipinski definition) is 0. The molecule has 3 aliphatic heterocycles. The minimum Gasteiger partial charge on any atom is -0.379 e. The molecule has 2 bridgehead atoms. The fraction of sp³-hybridized carbons (Fsp3) is 0.722. The minimum atomic E-state index is 0.251. The van der Waals surface area contributed by atoms with Gasteiger partial charge in [0, 0.05) is 64.1 Å². The summed E-state index contributed by atoms with van der Waals surface area (Å²) >= 11 is 0. The molecule has 3 saturated heterocycles. The summed E-state index contributed by atoms with van der Waals surface area (Å²) in [6, 6.07) is 2.15. The highest BCUT2D eigenvalue weighted by Gasteiger charge is 2.34. The van der Waals surface area contributed by atoms with E-state index in [-0.39, 0.29) is 5.91 Å². The molecule has 142 valence electrons. The maximum absolute atomic E-state index is 12.9. The molecule has 3 aliphatic rings. The second kappa shape index (κ2) is 7.85. The number of anilines is 1. The number of hydrogen-bond acceptors (Lipinski definition) is 7. The average molecular weight is 360 g/mol. The van der Waals surface area contributed by atoms with Gasteiger partial charge in [0.25, 0.3) is 0 Å². The third kappa shape index (κ3) is 3.97. The van der Waals surface area contributed by atoms with Crippen LogP contribution in [0.25, 0.3) is 0 Å². The van der Waals surface area contributed by atoms with Gasteiger partial charge in [-0.25, -0.2) is 9.97 Å². The number of nitrogens with zero attached hydrogens (tertiary/aromatic N) is 6. The fourth-order valence-electron chi connectivity index (χ4n) is 4.11. The monoisotopic (exact) mass is 360 g/mol. The molecular formula is C18H28N6O2. The van der Waals surface area contributed by atoms with Crippen molar-refractivity contribution in [1.82, 2.24) is 24.7 Å². The van der Waals surface area contributed by atoms with Gasteiger partial charge < -0.3 is 14.5 Å². The van der Waals surface area contributed by atoms with Gasteiger partial charge in [-0.15, -0.1) is 0 Å². The van der Waals surface area contributed by atoms with Crippen LogP contribution in [-0.2, 0) is 9.53 Å². The first-order valence-corrected chi connectivity index (χ1v) is 9.49. The summed E-state index contributed by atoms with van der Waals surface area (Å²) in [4.78, 5) is 30.4. The number of carbonyl (C=O) groups is 1. The molecule has 4 heterocycles. The molecule has 0 N–H and O–H groups in total. The lowest BCUT2D eigenvalue weighted by Gasteiger charge is -2.36. The van der Waals surface area contributed by atoms with Crippen LogP contribution < -0.4 is 4.90 Å². The van der Waals surface area contributed by atoms with Gasteiger partial charge in [0.2, 0.25) is 11.9 Å². The summed E-state index contributed by atoms with van der Waals surface area (Å²) < 4.78 is 5.76. The second-order valence-corrected chi connectivity index (χ2v) is 7.61. The zero-order valence-electron chi connectivity index (χ0n) is 15.5. The third-order valence-electron chi connectivity index (χ3n) is 5.66. The molecule has 8 heteroatoms. The van der Waals surface area contributed by atoms with Crippen molar-refractivity contribution in [3.05, 3.63) is 18.5 Å². The standard InChI is InChI=1S/C18H28N6O2/c1-21-9-15-10-24(11-16(21)14-26-13-15)17(25)12-22-5-7-23(8-6-22)18-19-3-2-4-20-18/h2-4,15-16H,5-14H2,1H3/t15-,16+/m1/s1. The van der Waals surface area contributed by atoms with Crippen LogP contribution in [0.2, 0.25) is 0 Å². The summed E-state index contributed by atoms with van der Waals surface area (Å²) in [5.41, 5.74) is 0. The Labute approximate surface area is 154 Å². The number of rotatable bonds is 3. The smallest absolute Gasteiger partial charge is 0.236 e. The van der Waals surface area contributed by atoms with Gasteiger partial charge in [0.05, 0.1) is 25.8 Å². The van der Waals surface area contributed by atoms with Crippen LogP contribution in [0.5, 0.6) is 0 Å². The topological polar surface area (TPSA) is 65.0 Å². The maximum Gasteiger partial charge on any atom is 0.236 e. The molecule has 8 nitrogen and oxygen atoms in total. The first-order valence-electron chi connectivity index (χ1n) is 9.49. The molecule has 1 amide bonds. The van der Waals surface area contributed by atoms with Gasteiger partial charge in [0.1, 0.15) is 0 Å². The Balaban J connectivity index is 1.30. The molecule has 1 aromatic rings. The lowest BCUT2D eigenvalue weighted by atomic mass is 10.1. The SMILES string of the molecule is CN1C[C@H]2COC[C@@H]1CN(C(=O)CN1CCN(c3ncccn3)CC1)C2. The van der Waals surface area contributed by atoms with Crippen molar-refractivity contribution in [1.29, 1.82) is 0 Å². The summed E-state index contributed by atoms with van der Waals surface area (Å²) in [6.45, 7) is 8.07. The molecule has 0 spiro atoms. The average Bonchev–Trinajstić information content (AvgIpc) is 2.91. The third-order valence-corrected chi connectivity index (χ3v) is 5.66. The predicted molar refractivity (Wildman–Crippen MR) is 98.0 cm³/mol. The molecular weight excluding hydrogens is 332 g/mol. The van der Waals surface area contributed by atoms with Crippen LogP contribution in [0.3, 0.4) is 0 Å². The van der Waals surface area contributed by atoms with E-state index in [9.17, 15) is 4.79 Å². The minimum absolute atomic E-state index is 0.251. The number of fused-ring (bicyclic) bond motifs is 3. The van der Waals surface area contributed by atoms with Crippen LogP contribution in [-0.4, -0.2) is 109 Å². The number of aromatic nitrogens is 2. The fourth-order valence-corrected chi connectivity index (χ4v) is 4.11. The van der Waals surface area contributed by atoms with Crippen molar-refractivity contribution in [2.45, 2.75) is 6.04 Å². The van der Waals surface area contributed by atoms with Crippen molar-refractivity contribution in [3.8, 4) is 0 Å². The molecule has 0 aliphatic carbocycles. The van der Waals surface area contributed by atoms with Crippen LogP contribution in [0.4, 0.5) is 5.95 Å². The van der Waals surface area contributed by atoms with E-state index >= 15 is 0 Å². The Morgan fingerprint density at radius 1 is 1.12 bits per heavy atom. The van der Waals surface area contributed by atoms with Gasteiger partial charge >= 0.3 is 0 Å². The molecule has 3 fully saturated rings. The van der Waals surface area contributed by atoms with Gasteiger partial charge in [-0.2, -0.15) is 0 Å². The number of amides is 1. The van der Waals surface area contributed by atoms with E-state index in [1.54, 1.807) is 12.4 Å². The van der Waals surface area contributed by atoms with Crippen LogP contribution in [0, 0.1) is 5.92 Å². The molecule has 2 atom stereocenters. The van der Waals surface area contributed by atoms with Crippen molar-refractivity contribution in [3.63, 3.8) is 0 Å². The lowest BCUT2D eigenvalue weighted by Crippen LogP contribution is -2.52. The number of carbonyl (C=O) groups excluding carboxylic acids is 1. The van der Waals surface area contributed by atoms with Gasteiger partial charge in [0.15, 0.2) is 0 Å². The van der Waals surface area contributed by atoms with E-state index in [0.717, 1.165) is 65.0 Å². The first kappa shape index (κ1) is 17.6. The zero-order chi connectivity index (χ0) is 17.9. The Kier molecular flexibility index (Phi) is 5.33. The maximum atomic E-state index is 12.9. The molecule has 0 aromatic carbocycles. The molecule has 1 aromatic heterocycles. The summed E-state index contributed by atoms with van der Waals surface area (Å²) in [6.07, 6.45) is 3.55. The second-order valence-electron chi connectivity index (χ2n) is 7.61. The Bertz CT molecular complexity index is 607. The van der Waals surface area contributed by atoms with Crippen LogP contribution >= 0.6 is 0 Å².